The normalized spacial score (nSPS) is 11.6. The number of H-pyrrole nitrogens is 1. The molecule has 2 amide bonds. The highest BCUT2D eigenvalue weighted by Crippen LogP contribution is 2.27. The lowest BCUT2D eigenvalue weighted by atomic mass is 10.1. The molecule has 0 aliphatic carbocycles. The molecule has 0 bridgehead atoms. The summed E-state index contributed by atoms with van der Waals surface area (Å²) in [7, 11) is 1.57. The fourth-order valence-electron chi connectivity index (χ4n) is 2.60. The molecule has 2 aromatic heterocycles. The van der Waals surface area contributed by atoms with Crippen LogP contribution in [0, 0.1) is 0 Å². The summed E-state index contributed by atoms with van der Waals surface area (Å²) >= 11 is 1.48. The molecule has 0 aliphatic heterocycles. The molecule has 3 N–H and O–H groups in total. The molecule has 0 saturated carbocycles. The lowest BCUT2D eigenvalue weighted by Crippen LogP contribution is -2.29. The monoisotopic (exact) mass is 385 g/mol. The van der Waals surface area contributed by atoms with E-state index < -0.39 is 6.04 Å². The predicted molar refractivity (Wildman–Crippen MR) is 102 cm³/mol. The number of hydrogen-bond donors (Lipinski definition) is 3. The number of hydrogen-bond acceptors (Lipinski definition) is 6. The predicted octanol–water partition coefficient (Wildman–Crippen LogP) is 2.75. The molecule has 0 aliphatic rings. The molecule has 0 radical (unpaired) electrons. The Morgan fingerprint density at radius 2 is 2.07 bits per heavy atom. The Balaban J connectivity index is 1.69. The lowest BCUT2D eigenvalue weighted by Gasteiger charge is -2.15. The SMILES string of the molecule is COc1ccccc1-c1nc(NC(=O)C[C@@H](NC(C)=O)c2cccs2)n[nH]1. The second-order valence-electron chi connectivity index (χ2n) is 5.73. The van der Waals surface area contributed by atoms with Crippen LogP contribution in [0.2, 0.25) is 0 Å². The molecule has 0 unspecified atom stereocenters. The number of ether oxygens (including phenoxy) is 1. The van der Waals surface area contributed by atoms with Gasteiger partial charge in [0.15, 0.2) is 5.82 Å². The summed E-state index contributed by atoms with van der Waals surface area (Å²) < 4.78 is 5.31. The topological polar surface area (TPSA) is 109 Å². The average molecular weight is 385 g/mol. The van der Waals surface area contributed by atoms with Crippen LogP contribution < -0.4 is 15.4 Å². The smallest absolute Gasteiger partial charge is 0.249 e. The van der Waals surface area contributed by atoms with E-state index in [2.05, 4.69) is 25.8 Å². The largest absolute Gasteiger partial charge is 0.496 e. The Morgan fingerprint density at radius 1 is 1.26 bits per heavy atom. The van der Waals surface area contributed by atoms with Gasteiger partial charge in [0.05, 0.1) is 25.1 Å². The van der Waals surface area contributed by atoms with Crippen LogP contribution in [0.3, 0.4) is 0 Å². The van der Waals surface area contributed by atoms with Crippen LogP contribution in [0.5, 0.6) is 5.75 Å². The van der Waals surface area contributed by atoms with Gasteiger partial charge in [-0.05, 0) is 23.6 Å². The summed E-state index contributed by atoms with van der Waals surface area (Å²) in [5, 5.41) is 14.2. The van der Waals surface area contributed by atoms with E-state index in [9.17, 15) is 9.59 Å². The molecule has 2 heterocycles. The number of amides is 2. The minimum atomic E-state index is -0.393. The van der Waals surface area contributed by atoms with Gasteiger partial charge in [0.2, 0.25) is 17.8 Å². The fourth-order valence-corrected chi connectivity index (χ4v) is 3.38. The number of rotatable bonds is 7. The highest BCUT2D eigenvalue weighted by atomic mass is 32.1. The lowest BCUT2D eigenvalue weighted by molar-refractivity contribution is -0.120. The highest BCUT2D eigenvalue weighted by Gasteiger charge is 2.19. The van der Waals surface area contributed by atoms with E-state index in [1.807, 2.05) is 41.8 Å². The van der Waals surface area contributed by atoms with Crippen LogP contribution in [0.4, 0.5) is 5.95 Å². The van der Waals surface area contributed by atoms with Gasteiger partial charge < -0.3 is 10.1 Å². The standard InChI is InChI=1S/C18H19N5O3S/c1-11(24)19-13(15-8-5-9-27-15)10-16(25)20-18-21-17(22-23-18)12-6-3-4-7-14(12)26-2/h3-9,13H,10H2,1-2H3,(H,19,24)(H2,20,21,22,23,25)/t13-/m1/s1. The summed E-state index contributed by atoms with van der Waals surface area (Å²) in [6.45, 7) is 1.42. The van der Waals surface area contributed by atoms with Gasteiger partial charge in [0, 0.05) is 11.8 Å². The van der Waals surface area contributed by atoms with Crippen molar-refractivity contribution in [3.63, 3.8) is 0 Å². The third-order valence-corrected chi connectivity index (χ3v) is 4.74. The number of nitrogens with one attached hydrogen (secondary N) is 3. The van der Waals surface area contributed by atoms with Crippen molar-refractivity contribution in [1.29, 1.82) is 0 Å². The van der Waals surface area contributed by atoms with Crippen molar-refractivity contribution in [2.24, 2.45) is 0 Å². The molecule has 140 valence electrons. The summed E-state index contributed by atoms with van der Waals surface area (Å²) in [6.07, 6.45) is 0.0820. The third-order valence-electron chi connectivity index (χ3n) is 3.75. The first-order valence-electron chi connectivity index (χ1n) is 8.23. The first kappa shape index (κ1) is 18.6. The molecule has 1 aromatic carbocycles. The number of thiophene rings is 1. The number of aromatic nitrogens is 3. The van der Waals surface area contributed by atoms with Crippen LogP contribution in [0.1, 0.15) is 24.3 Å². The van der Waals surface area contributed by atoms with Gasteiger partial charge in [-0.15, -0.1) is 16.4 Å². The Bertz CT molecular complexity index is 923. The molecule has 27 heavy (non-hydrogen) atoms. The van der Waals surface area contributed by atoms with E-state index in [-0.39, 0.29) is 24.2 Å². The summed E-state index contributed by atoms with van der Waals surface area (Å²) in [6, 6.07) is 10.7. The van der Waals surface area contributed by atoms with Gasteiger partial charge in [0.25, 0.3) is 0 Å². The molecule has 0 spiro atoms. The van der Waals surface area contributed by atoms with E-state index in [0.717, 1.165) is 10.4 Å². The van der Waals surface area contributed by atoms with Gasteiger partial charge in [-0.3, -0.25) is 20.0 Å². The Morgan fingerprint density at radius 3 is 2.78 bits per heavy atom. The van der Waals surface area contributed by atoms with Crippen molar-refractivity contribution in [1.82, 2.24) is 20.5 Å². The van der Waals surface area contributed by atoms with Crippen LogP contribution >= 0.6 is 11.3 Å². The molecule has 3 rings (SSSR count). The van der Waals surface area contributed by atoms with E-state index in [1.54, 1.807) is 7.11 Å². The number of methoxy groups -OCH3 is 1. The number of anilines is 1. The van der Waals surface area contributed by atoms with E-state index in [0.29, 0.717) is 11.6 Å². The zero-order chi connectivity index (χ0) is 19.2. The van der Waals surface area contributed by atoms with E-state index in [1.165, 1.54) is 18.3 Å². The average Bonchev–Trinajstić information content (AvgIpc) is 3.32. The molecule has 0 fully saturated rings. The second kappa shape index (κ2) is 8.45. The van der Waals surface area contributed by atoms with Crippen molar-refractivity contribution in [2.45, 2.75) is 19.4 Å². The van der Waals surface area contributed by atoms with Gasteiger partial charge in [-0.1, -0.05) is 18.2 Å². The van der Waals surface area contributed by atoms with Gasteiger partial charge >= 0.3 is 0 Å². The van der Waals surface area contributed by atoms with Gasteiger partial charge in [0.1, 0.15) is 5.75 Å². The maximum Gasteiger partial charge on any atom is 0.249 e. The number of carbonyl (C=O) groups is 2. The quantitative estimate of drug-likeness (QED) is 0.579. The molecule has 0 saturated heterocycles. The van der Waals surface area contributed by atoms with Crippen LogP contribution in [-0.2, 0) is 9.59 Å². The van der Waals surface area contributed by atoms with Crippen LogP contribution in [-0.4, -0.2) is 34.1 Å². The minimum absolute atomic E-state index is 0.0820. The fraction of sp³-hybridized carbons (Fsp3) is 0.222. The Labute approximate surface area is 160 Å². The first-order valence-corrected chi connectivity index (χ1v) is 9.11. The third kappa shape index (κ3) is 4.70. The van der Waals surface area contributed by atoms with Gasteiger partial charge in [-0.2, -0.15) is 4.98 Å². The van der Waals surface area contributed by atoms with Gasteiger partial charge in [-0.25, -0.2) is 0 Å². The van der Waals surface area contributed by atoms with Crippen molar-refractivity contribution in [2.75, 3.05) is 12.4 Å². The minimum Gasteiger partial charge on any atom is -0.496 e. The number of aromatic amines is 1. The summed E-state index contributed by atoms with van der Waals surface area (Å²) in [5.41, 5.74) is 0.739. The van der Waals surface area contributed by atoms with Crippen LogP contribution in [0.25, 0.3) is 11.4 Å². The van der Waals surface area contributed by atoms with Crippen molar-refractivity contribution in [3.8, 4) is 17.1 Å². The van der Waals surface area contributed by atoms with Crippen molar-refractivity contribution in [3.05, 3.63) is 46.7 Å². The van der Waals surface area contributed by atoms with E-state index >= 15 is 0 Å². The number of para-hydroxylation sites is 1. The molecule has 9 heteroatoms. The summed E-state index contributed by atoms with van der Waals surface area (Å²) in [5.74, 6) is 0.799. The Kier molecular flexibility index (Phi) is 5.82. The van der Waals surface area contributed by atoms with Crippen molar-refractivity contribution < 1.29 is 14.3 Å². The second-order valence-corrected chi connectivity index (χ2v) is 6.71. The number of benzene rings is 1. The Hall–Kier alpha value is -3.20. The first-order chi connectivity index (χ1) is 13.1. The molecular formula is C18H19N5O3S. The zero-order valence-corrected chi connectivity index (χ0v) is 15.7. The molecule has 1 atom stereocenters. The number of nitrogens with zero attached hydrogens (tertiary/aromatic N) is 2. The highest BCUT2D eigenvalue weighted by molar-refractivity contribution is 7.10. The molecule has 8 nitrogen and oxygen atoms in total. The maximum atomic E-state index is 12.4. The van der Waals surface area contributed by atoms with Crippen molar-refractivity contribution >= 4 is 29.1 Å². The van der Waals surface area contributed by atoms with Crippen LogP contribution in [0.15, 0.2) is 41.8 Å². The molecular weight excluding hydrogens is 366 g/mol. The summed E-state index contributed by atoms with van der Waals surface area (Å²) in [4.78, 5) is 29.0. The molecule has 3 aromatic rings. The zero-order valence-electron chi connectivity index (χ0n) is 14.9. The number of carbonyl (C=O) groups excluding carboxylic acids is 2. The maximum absolute atomic E-state index is 12.4. The van der Waals surface area contributed by atoms with E-state index in [4.69, 9.17) is 4.74 Å².